The third-order valence-electron chi connectivity index (χ3n) is 4.47. The van der Waals surface area contributed by atoms with Crippen LogP contribution in [-0.2, 0) is 0 Å². The lowest BCUT2D eigenvalue weighted by molar-refractivity contribution is 0.117. The number of nitrogens with one attached hydrogen (secondary N) is 1. The number of nitrogens with zero attached hydrogens (tertiary/aromatic N) is 1. The summed E-state index contributed by atoms with van der Waals surface area (Å²) in [6.45, 7) is 8.45. The summed E-state index contributed by atoms with van der Waals surface area (Å²) >= 11 is 0. The molecule has 1 aliphatic heterocycles. The molecule has 0 radical (unpaired) electrons. The van der Waals surface area contributed by atoms with Crippen molar-refractivity contribution in [3.63, 3.8) is 0 Å². The van der Waals surface area contributed by atoms with Gasteiger partial charge in [0.05, 0.1) is 0 Å². The van der Waals surface area contributed by atoms with E-state index in [0.29, 0.717) is 0 Å². The highest BCUT2D eigenvalue weighted by molar-refractivity contribution is 4.84. The minimum Gasteiger partial charge on any atom is -0.314 e. The summed E-state index contributed by atoms with van der Waals surface area (Å²) in [5, 5.41) is 3.60. The van der Waals surface area contributed by atoms with Crippen LogP contribution in [0.3, 0.4) is 0 Å². The van der Waals surface area contributed by atoms with Gasteiger partial charge in [-0.3, -0.25) is 0 Å². The summed E-state index contributed by atoms with van der Waals surface area (Å²) in [4.78, 5) is 2.74. The average molecular weight is 224 g/mol. The summed E-state index contributed by atoms with van der Waals surface area (Å²) in [5.74, 6) is 1.01. The molecule has 2 fully saturated rings. The Morgan fingerprint density at radius 1 is 1.19 bits per heavy atom. The largest absolute Gasteiger partial charge is 0.314 e. The van der Waals surface area contributed by atoms with Gasteiger partial charge < -0.3 is 10.2 Å². The Morgan fingerprint density at radius 2 is 1.94 bits per heavy atom. The Labute approximate surface area is 101 Å². The highest BCUT2D eigenvalue weighted by Gasteiger charge is 2.27. The molecule has 16 heavy (non-hydrogen) atoms. The fourth-order valence-corrected chi connectivity index (χ4v) is 3.49. The Hall–Kier alpha value is -0.0800. The Bertz CT molecular complexity index is 199. The van der Waals surface area contributed by atoms with Gasteiger partial charge >= 0.3 is 0 Å². The molecule has 1 heterocycles. The van der Waals surface area contributed by atoms with Crippen LogP contribution in [-0.4, -0.2) is 36.6 Å². The number of piperidine rings is 1. The highest BCUT2D eigenvalue weighted by Crippen LogP contribution is 2.28. The first-order valence-corrected chi connectivity index (χ1v) is 7.27. The van der Waals surface area contributed by atoms with E-state index in [2.05, 4.69) is 24.1 Å². The molecule has 2 rings (SSSR count). The van der Waals surface area contributed by atoms with E-state index < -0.39 is 0 Å². The van der Waals surface area contributed by atoms with Gasteiger partial charge in [-0.25, -0.2) is 0 Å². The average Bonchev–Trinajstić information content (AvgIpc) is 2.75. The number of rotatable bonds is 4. The van der Waals surface area contributed by atoms with Crippen LogP contribution >= 0.6 is 0 Å². The van der Waals surface area contributed by atoms with Crippen molar-refractivity contribution in [2.45, 2.75) is 64.5 Å². The molecule has 94 valence electrons. The molecule has 0 spiro atoms. The molecule has 1 saturated heterocycles. The molecule has 2 heteroatoms. The van der Waals surface area contributed by atoms with E-state index in [1.54, 1.807) is 0 Å². The summed E-state index contributed by atoms with van der Waals surface area (Å²) in [5.41, 5.74) is 0. The first kappa shape index (κ1) is 12.4. The molecule has 2 atom stereocenters. The first-order chi connectivity index (χ1) is 7.79. The maximum atomic E-state index is 3.60. The predicted octanol–water partition coefficient (Wildman–Crippen LogP) is 2.64. The van der Waals surface area contributed by atoms with Crippen LogP contribution in [0.15, 0.2) is 0 Å². The summed E-state index contributed by atoms with van der Waals surface area (Å²) in [6, 6.07) is 1.57. The van der Waals surface area contributed by atoms with Gasteiger partial charge in [0.1, 0.15) is 0 Å². The van der Waals surface area contributed by atoms with Gasteiger partial charge in [0.25, 0.3) is 0 Å². The zero-order valence-electron chi connectivity index (χ0n) is 11.0. The minimum atomic E-state index is 0.778. The van der Waals surface area contributed by atoms with Gasteiger partial charge in [0.15, 0.2) is 0 Å². The molecule has 1 N–H and O–H groups in total. The number of hydrogen-bond donors (Lipinski definition) is 1. The van der Waals surface area contributed by atoms with Crippen molar-refractivity contribution in [3.8, 4) is 0 Å². The van der Waals surface area contributed by atoms with Gasteiger partial charge in [0.2, 0.25) is 0 Å². The molecular weight excluding hydrogens is 196 g/mol. The monoisotopic (exact) mass is 224 g/mol. The maximum Gasteiger partial charge on any atom is 0.00939 e. The Morgan fingerprint density at radius 3 is 2.56 bits per heavy atom. The lowest BCUT2D eigenvalue weighted by Gasteiger charge is -2.39. The lowest BCUT2D eigenvalue weighted by Crippen LogP contribution is -2.48. The van der Waals surface area contributed by atoms with Crippen molar-refractivity contribution >= 4 is 0 Å². The van der Waals surface area contributed by atoms with E-state index >= 15 is 0 Å². The van der Waals surface area contributed by atoms with Crippen molar-refractivity contribution in [3.05, 3.63) is 0 Å². The van der Waals surface area contributed by atoms with Crippen molar-refractivity contribution < 1.29 is 0 Å². The normalized spacial score (nSPS) is 33.4. The molecule has 2 aliphatic rings. The fourth-order valence-electron chi connectivity index (χ4n) is 3.49. The molecule has 1 aliphatic carbocycles. The topological polar surface area (TPSA) is 15.3 Å². The second kappa shape index (κ2) is 6.02. The van der Waals surface area contributed by atoms with E-state index in [9.17, 15) is 0 Å². The summed E-state index contributed by atoms with van der Waals surface area (Å²) in [7, 11) is 0. The molecule has 0 aromatic carbocycles. The Kier molecular flexibility index (Phi) is 4.66. The summed E-state index contributed by atoms with van der Waals surface area (Å²) < 4.78 is 0. The van der Waals surface area contributed by atoms with Gasteiger partial charge in [-0.15, -0.1) is 0 Å². The van der Waals surface area contributed by atoms with Crippen molar-refractivity contribution in [2.75, 3.05) is 19.6 Å². The quantitative estimate of drug-likeness (QED) is 0.790. The predicted molar refractivity (Wildman–Crippen MR) is 69.7 cm³/mol. The molecule has 2 unspecified atom stereocenters. The lowest BCUT2D eigenvalue weighted by atomic mass is 9.96. The molecule has 0 aromatic rings. The van der Waals surface area contributed by atoms with Crippen LogP contribution in [0.2, 0.25) is 0 Å². The standard InChI is InChI=1S/C14H28N2/c1-3-15-14-8-9-16(12(2)10-14)11-13-6-4-5-7-13/h12-15H,3-11H2,1-2H3. The van der Waals surface area contributed by atoms with Crippen LogP contribution in [0.25, 0.3) is 0 Å². The molecular formula is C14H28N2. The molecule has 0 aromatic heterocycles. The van der Waals surface area contributed by atoms with E-state index in [4.69, 9.17) is 0 Å². The van der Waals surface area contributed by atoms with Crippen LogP contribution in [0.4, 0.5) is 0 Å². The minimum absolute atomic E-state index is 0.778. The highest BCUT2D eigenvalue weighted by atomic mass is 15.2. The number of likely N-dealkylation sites (tertiary alicyclic amines) is 1. The maximum absolute atomic E-state index is 3.60. The molecule has 0 amide bonds. The SMILES string of the molecule is CCNC1CCN(CC2CCCC2)C(C)C1. The van der Waals surface area contributed by atoms with Crippen LogP contribution in [0.5, 0.6) is 0 Å². The number of hydrogen-bond acceptors (Lipinski definition) is 2. The first-order valence-electron chi connectivity index (χ1n) is 7.27. The molecule has 2 nitrogen and oxygen atoms in total. The van der Waals surface area contributed by atoms with E-state index in [-0.39, 0.29) is 0 Å². The van der Waals surface area contributed by atoms with E-state index in [1.165, 1.54) is 51.6 Å². The van der Waals surface area contributed by atoms with Crippen LogP contribution < -0.4 is 5.32 Å². The molecule has 1 saturated carbocycles. The Balaban J connectivity index is 1.74. The second-order valence-corrected chi connectivity index (χ2v) is 5.77. The summed E-state index contributed by atoms with van der Waals surface area (Å²) in [6.07, 6.45) is 8.63. The third-order valence-corrected chi connectivity index (χ3v) is 4.47. The van der Waals surface area contributed by atoms with Crippen LogP contribution in [0, 0.1) is 5.92 Å². The van der Waals surface area contributed by atoms with Crippen LogP contribution in [0.1, 0.15) is 52.4 Å². The fraction of sp³-hybridized carbons (Fsp3) is 1.00. The van der Waals surface area contributed by atoms with Crippen molar-refractivity contribution in [1.29, 1.82) is 0 Å². The van der Waals surface area contributed by atoms with Crippen molar-refractivity contribution in [1.82, 2.24) is 10.2 Å². The molecule has 0 bridgehead atoms. The second-order valence-electron chi connectivity index (χ2n) is 5.77. The van der Waals surface area contributed by atoms with Gasteiger partial charge in [-0.2, -0.15) is 0 Å². The van der Waals surface area contributed by atoms with E-state index in [1.807, 2.05) is 0 Å². The van der Waals surface area contributed by atoms with Gasteiger partial charge in [-0.05, 0) is 51.6 Å². The zero-order chi connectivity index (χ0) is 11.4. The van der Waals surface area contributed by atoms with E-state index in [0.717, 1.165) is 24.5 Å². The zero-order valence-corrected chi connectivity index (χ0v) is 11.0. The smallest absolute Gasteiger partial charge is 0.00939 e. The van der Waals surface area contributed by atoms with Gasteiger partial charge in [0, 0.05) is 18.6 Å². The van der Waals surface area contributed by atoms with Gasteiger partial charge in [-0.1, -0.05) is 19.8 Å². The third kappa shape index (κ3) is 3.21. The van der Waals surface area contributed by atoms with Crippen molar-refractivity contribution in [2.24, 2.45) is 5.92 Å².